The highest BCUT2D eigenvalue weighted by atomic mass is 16.5. The standard InChI is InChI=1S/C19H19NO2/c1-4-21-17-12-8-11-16(20-15-9-6-5-7-10-15)18-13(2)22-14(3)19(17)18/h5-12H,4H2,1-3H3. The Morgan fingerprint density at radius 1 is 0.909 bits per heavy atom. The molecule has 3 rings (SSSR count). The molecule has 0 radical (unpaired) electrons. The van der Waals surface area contributed by atoms with E-state index in [1.54, 1.807) is 0 Å². The Morgan fingerprint density at radius 2 is 1.64 bits per heavy atom. The highest BCUT2D eigenvalue weighted by Gasteiger charge is 2.13. The number of nitrogens with zero attached hydrogens (tertiary/aromatic N) is 1. The van der Waals surface area contributed by atoms with E-state index < -0.39 is 0 Å². The van der Waals surface area contributed by atoms with Gasteiger partial charge in [-0.05, 0) is 45.0 Å². The van der Waals surface area contributed by atoms with E-state index in [0.717, 1.165) is 39.1 Å². The van der Waals surface area contributed by atoms with Gasteiger partial charge < -0.3 is 9.15 Å². The molecule has 0 saturated carbocycles. The molecule has 0 aliphatic heterocycles. The van der Waals surface area contributed by atoms with Crippen LogP contribution in [0.25, 0.3) is 10.8 Å². The lowest BCUT2D eigenvalue weighted by molar-refractivity contribution is 0.344. The first-order chi connectivity index (χ1) is 10.7. The first-order valence-corrected chi connectivity index (χ1v) is 7.46. The van der Waals surface area contributed by atoms with Crippen molar-refractivity contribution in [2.45, 2.75) is 20.8 Å². The van der Waals surface area contributed by atoms with Crippen molar-refractivity contribution >= 4 is 16.5 Å². The van der Waals surface area contributed by atoms with Crippen LogP contribution in [0.4, 0.5) is 5.69 Å². The second-order valence-electron chi connectivity index (χ2n) is 5.12. The van der Waals surface area contributed by atoms with Gasteiger partial charge in [-0.3, -0.25) is 0 Å². The molecular formula is C19H19NO2. The molecule has 0 aliphatic carbocycles. The van der Waals surface area contributed by atoms with Crippen LogP contribution in [0.3, 0.4) is 0 Å². The molecule has 3 heteroatoms. The number of aryl methyl sites for hydroxylation is 2. The van der Waals surface area contributed by atoms with E-state index in [1.165, 1.54) is 0 Å². The summed E-state index contributed by atoms with van der Waals surface area (Å²) in [6.45, 7) is 6.53. The molecule has 3 nitrogen and oxygen atoms in total. The van der Waals surface area contributed by atoms with E-state index in [0.29, 0.717) is 6.61 Å². The Balaban J connectivity index is 2.38. The average molecular weight is 293 g/mol. The number of hydrogen-bond donors (Lipinski definition) is 0. The lowest BCUT2D eigenvalue weighted by Gasteiger charge is -2.01. The molecule has 0 aliphatic rings. The average Bonchev–Trinajstić information content (AvgIpc) is 2.69. The van der Waals surface area contributed by atoms with Crippen molar-refractivity contribution in [3.63, 3.8) is 0 Å². The number of fused-ring (bicyclic) bond motifs is 1. The van der Waals surface area contributed by atoms with Crippen LogP contribution in [0, 0.1) is 13.8 Å². The van der Waals surface area contributed by atoms with Gasteiger partial charge in [-0.15, -0.1) is 0 Å². The van der Waals surface area contributed by atoms with Gasteiger partial charge in [-0.2, -0.15) is 0 Å². The maximum Gasteiger partial charge on any atom is 0.130 e. The van der Waals surface area contributed by atoms with Gasteiger partial charge in [0.2, 0.25) is 0 Å². The lowest BCUT2D eigenvalue weighted by atomic mass is 10.2. The maximum atomic E-state index is 5.83. The fourth-order valence-corrected chi connectivity index (χ4v) is 2.69. The highest BCUT2D eigenvalue weighted by Crippen LogP contribution is 2.30. The molecule has 2 aromatic carbocycles. The van der Waals surface area contributed by atoms with E-state index >= 15 is 0 Å². The second-order valence-corrected chi connectivity index (χ2v) is 5.12. The fourth-order valence-electron chi connectivity index (χ4n) is 2.69. The zero-order chi connectivity index (χ0) is 15.5. The van der Waals surface area contributed by atoms with Gasteiger partial charge >= 0.3 is 0 Å². The van der Waals surface area contributed by atoms with Crippen LogP contribution in [0.2, 0.25) is 0 Å². The normalized spacial score (nSPS) is 11.9. The molecule has 112 valence electrons. The van der Waals surface area contributed by atoms with Crippen LogP contribution in [-0.2, 0) is 0 Å². The first kappa shape index (κ1) is 14.4. The number of furan rings is 1. The second kappa shape index (κ2) is 6.06. The molecular weight excluding hydrogens is 274 g/mol. The predicted molar refractivity (Wildman–Crippen MR) is 88.5 cm³/mol. The van der Waals surface area contributed by atoms with E-state index in [1.807, 2.05) is 69.3 Å². The first-order valence-electron chi connectivity index (χ1n) is 7.46. The Kier molecular flexibility index (Phi) is 3.96. The van der Waals surface area contributed by atoms with Crippen LogP contribution in [0.5, 0.6) is 5.75 Å². The monoisotopic (exact) mass is 293 g/mol. The van der Waals surface area contributed by atoms with Crippen LogP contribution < -0.4 is 10.1 Å². The van der Waals surface area contributed by atoms with E-state index in [9.17, 15) is 0 Å². The predicted octanol–water partition coefficient (Wildman–Crippen LogP) is 4.68. The third kappa shape index (κ3) is 2.62. The number of hydrogen-bond acceptors (Lipinski definition) is 3. The van der Waals surface area contributed by atoms with Crippen molar-refractivity contribution in [3.8, 4) is 5.75 Å². The highest BCUT2D eigenvalue weighted by molar-refractivity contribution is 5.91. The molecule has 0 unspecified atom stereocenters. The minimum Gasteiger partial charge on any atom is -0.493 e. The molecule has 0 spiro atoms. The van der Waals surface area contributed by atoms with Crippen molar-refractivity contribution in [2.75, 3.05) is 6.61 Å². The molecule has 0 fully saturated rings. The summed E-state index contributed by atoms with van der Waals surface area (Å²) >= 11 is 0. The van der Waals surface area contributed by atoms with Crippen molar-refractivity contribution in [2.24, 2.45) is 4.99 Å². The van der Waals surface area contributed by atoms with Crippen molar-refractivity contribution in [3.05, 3.63) is 65.4 Å². The molecule has 22 heavy (non-hydrogen) atoms. The summed E-state index contributed by atoms with van der Waals surface area (Å²) in [4.78, 5) is 4.77. The minimum absolute atomic E-state index is 0.619. The minimum atomic E-state index is 0.619. The molecule has 0 bridgehead atoms. The van der Waals surface area contributed by atoms with Gasteiger partial charge in [0.15, 0.2) is 0 Å². The van der Waals surface area contributed by atoms with Gasteiger partial charge in [0, 0.05) is 0 Å². The SMILES string of the molecule is CCOc1cccc(=Nc2ccccc2)c2c(C)oc(C)c12. The lowest BCUT2D eigenvalue weighted by Crippen LogP contribution is -1.99. The Morgan fingerprint density at radius 3 is 2.36 bits per heavy atom. The van der Waals surface area contributed by atoms with Gasteiger partial charge in [0.05, 0.1) is 28.4 Å². The Hall–Kier alpha value is -2.55. The van der Waals surface area contributed by atoms with E-state index in [-0.39, 0.29) is 0 Å². The third-order valence-electron chi connectivity index (χ3n) is 3.57. The van der Waals surface area contributed by atoms with Crippen molar-refractivity contribution < 1.29 is 9.15 Å². The van der Waals surface area contributed by atoms with Crippen LogP contribution in [0.15, 0.2) is 57.9 Å². The molecule has 0 saturated heterocycles. The number of rotatable bonds is 3. The topological polar surface area (TPSA) is 34.7 Å². The van der Waals surface area contributed by atoms with Crippen LogP contribution in [-0.4, -0.2) is 6.61 Å². The summed E-state index contributed by atoms with van der Waals surface area (Å²) in [6.07, 6.45) is 0. The molecule has 1 aromatic heterocycles. The van der Waals surface area contributed by atoms with Gasteiger partial charge in [-0.1, -0.05) is 24.3 Å². The molecule has 0 amide bonds. The van der Waals surface area contributed by atoms with Crippen LogP contribution in [0.1, 0.15) is 18.4 Å². The summed E-state index contributed by atoms with van der Waals surface area (Å²) in [5.74, 6) is 2.55. The smallest absolute Gasteiger partial charge is 0.130 e. The Labute approximate surface area is 129 Å². The molecule has 0 N–H and O–H groups in total. The summed E-state index contributed by atoms with van der Waals surface area (Å²) < 4.78 is 11.6. The van der Waals surface area contributed by atoms with Gasteiger partial charge in [-0.25, -0.2) is 4.99 Å². The van der Waals surface area contributed by atoms with Gasteiger partial charge in [0.1, 0.15) is 17.3 Å². The van der Waals surface area contributed by atoms with Crippen molar-refractivity contribution in [1.29, 1.82) is 0 Å². The quantitative estimate of drug-likeness (QED) is 0.702. The summed E-state index contributed by atoms with van der Waals surface area (Å²) in [6, 6.07) is 15.9. The van der Waals surface area contributed by atoms with Gasteiger partial charge in [0.25, 0.3) is 0 Å². The fraction of sp³-hybridized carbons (Fsp3) is 0.211. The largest absolute Gasteiger partial charge is 0.493 e. The number of ether oxygens (including phenoxy) is 1. The molecule has 0 atom stereocenters. The number of benzene rings is 1. The zero-order valence-corrected chi connectivity index (χ0v) is 13.1. The molecule has 1 heterocycles. The maximum absolute atomic E-state index is 5.83. The summed E-state index contributed by atoms with van der Waals surface area (Å²) in [5, 5.41) is 2.90. The van der Waals surface area contributed by atoms with Crippen LogP contribution >= 0.6 is 0 Å². The van der Waals surface area contributed by atoms with E-state index in [4.69, 9.17) is 14.1 Å². The molecule has 3 aromatic rings. The third-order valence-corrected chi connectivity index (χ3v) is 3.57. The number of para-hydroxylation sites is 1. The van der Waals surface area contributed by atoms with Crippen molar-refractivity contribution in [1.82, 2.24) is 0 Å². The zero-order valence-electron chi connectivity index (χ0n) is 13.1. The summed E-state index contributed by atoms with van der Waals surface area (Å²) in [5.41, 5.74) is 0.922. The van der Waals surface area contributed by atoms with E-state index in [2.05, 4.69) is 0 Å². The summed E-state index contributed by atoms with van der Waals surface area (Å²) in [7, 11) is 0. The Bertz CT molecular complexity index is 864.